The number of benzene rings is 1. The van der Waals surface area contributed by atoms with E-state index >= 15 is 0 Å². The summed E-state index contributed by atoms with van der Waals surface area (Å²) in [4.78, 5) is 1.56. The van der Waals surface area contributed by atoms with Crippen molar-refractivity contribution in [3.8, 4) is 0 Å². The molecule has 0 nitrogen and oxygen atoms in total. The molecule has 78 valence electrons. The summed E-state index contributed by atoms with van der Waals surface area (Å²) in [6.07, 6.45) is 0. The summed E-state index contributed by atoms with van der Waals surface area (Å²) in [5.41, 5.74) is 2.18. The lowest BCUT2D eigenvalue weighted by Gasteiger charge is -2.07. The van der Waals surface area contributed by atoms with Crippen molar-refractivity contribution in [2.75, 3.05) is 0 Å². The molecule has 1 aromatic heterocycles. The van der Waals surface area contributed by atoms with Crippen LogP contribution in [0.3, 0.4) is 0 Å². The fourth-order valence-corrected chi connectivity index (χ4v) is 4.77. The van der Waals surface area contributed by atoms with Crippen LogP contribution in [0.5, 0.6) is 0 Å². The average molecular weight is 232 g/mol. The third-order valence-corrected chi connectivity index (χ3v) is 6.19. The second-order valence-corrected chi connectivity index (χ2v) is 7.51. The van der Waals surface area contributed by atoms with Gasteiger partial charge < -0.3 is 0 Å². The summed E-state index contributed by atoms with van der Waals surface area (Å²) >= 11 is 1.91. The number of hydrogen-bond donors (Lipinski definition) is 0. The van der Waals surface area contributed by atoms with E-state index in [0.29, 0.717) is 0 Å². The molecule has 0 radical (unpaired) electrons. The Morgan fingerprint density at radius 1 is 1.20 bits per heavy atom. The van der Waals surface area contributed by atoms with Gasteiger partial charge in [-0.3, -0.25) is 0 Å². The van der Waals surface area contributed by atoms with E-state index in [9.17, 15) is 0 Å². The Morgan fingerprint density at radius 3 is 2.53 bits per heavy atom. The highest BCUT2D eigenvalue weighted by Gasteiger charge is 2.08. The Hall–Kier alpha value is -0.863. The number of thiophene rings is 1. The van der Waals surface area contributed by atoms with E-state index in [-0.39, 0.29) is 9.52 Å². The van der Waals surface area contributed by atoms with E-state index in [0.717, 1.165) is 5.54 Å². The lowest BCUT2D eigenvalue weighted by molar-refractivity contribution is 1.11. The van der Waals surface area contributed by atoms with Crippen LogP contribution in [0.25, 0.3) is 0 Å². The van der Waals surface area contributed by atoms with Crippen molar-refractivity contribution in [2.24, 2.45) is 0 Å². The Bertz CT molecular complexity index is 419. The third kappa shape index (κ3) is 2.80. The van der Waals surface area contributed by atoms with Gasteiger partial charge in [0.15, 0.2) is 0 Å². The standard InChI is InChI=1S/C13H16SSi/c1-10-8-13(14-9-10)11(2)15-12-6-4-3-5-7-12/h3-9,11H,15H2,1-2H3. The van der Waals surface area contributed by atoms with Crippen molar-refractivity contribution in [3.63, 3.8) is 0 Å². The second-order valence-electron chi connectivity index (χ2n) is 4.12. The predicted molar refractivity (Wildman–Crippen MR) is 72.1 cm³/mol. The molecule has 1 atom stereocenters. The third-order valence-electron chi connectivity index (χ3n) is 2.62. The van der Waals surface area contributed by atoms with Gasteiger partial charge in [0.25, 0.3) is 0 Å². The van der Waals surface area contributed by atoms with Crippen LogP contribution in [0.4, 0.5) is 0 Å². The molecule has 2 aromatic rings. The monoisotopic (exact) mass is 232 g/mol. The molecule has 0 aliphatic heterocycles. The number of hydrogen-bond acceptors (Lipinski definition) is 1. The van der Waals surface area contributed by atoms with Crippen molar-refractivity contribution in [1.82, 2.24) is 0 Å². The maximum Gasteiger partial charge on any atom is 0.0631 e. The first kappa shape index (κ1) is 10.6. The minimum absolute atomic E-state index is 0.162. The average Bonchev–Trinajstić information content (AvgIpc) is 2.66. The van der Waals surface area contributed by atoms with Gasteiger partial charge in [0, 0.05) is 4.88 Å². The SMILES string of the molecule is Cc1csc(C(C)[SiH2]c2ccccc2)c1. The van der Waals surface area contributed by atoms with Crippen molar-refractivity contribution in [2.45, 2.75) is 19.4 Å². The quantitative estimate of drug-likeness (QED) is 0.714. The fraction of sp³-hybridized carbons (Fsp3) is 0.231. The summed E-state index contributed by atoms with van der Waals surface area (Å²) in [6, 6.07) is 13.3. The van der Waals surface area contributed by atoms with Crippen molar-refractivity contribution >= 4 is 26.0 Å². The Kier molecular flexibility index (Phi) is 3.39. The van der Waals surface area contributed by atoms with Crippen LogP contribution in [-0.2, 0) is 0 Å². The summed E-state index contributed by atoms with van der Waals surface area (Å²) in [5.74, 6) is 0. The van der Waals surface area contributed by atoms with E-state index in [1.807, 2.05) is 11.3 Å². The van der Waals surface area contributed by atoms with Crippen molar-refractivity contribution < 1.29 is 0 Å². The molecule has 1 aromatic carbocycles. The van der Waals surface area contributed by atoms with Gasteiger partial charge in [0.2, 0.25) is 0 Å². The van der Waals surface area contributed by atoms with Gasteiger partial charge in [-0.25, -0.2) is 0 Å². The van der Waals surface area contributed by atoms with Gasteiger partial charge >= 0.3 is 0 Å². The molecule has 0 fully saturated rings. The maximum absolute atomic E-state index is 2.37. The van der Waals surface area contributed by atoms with Crippen LogP contribution in [0.2, 0.25) is 0 Å². The Balaban J connectivity index is 2.07. The van der Waals surface area contributed by atoms with Crippen LogP contribution in [0.1, 0.15) is 22.9 Å². The molecule has 0 amide bonds. The fourth-order valence-electron chi connectivity index (χ4n) is 1.78. The van der Waals surface area contributed by atoms with Gasteiger partial charge in [0.05, 0.1) is 9.52 Å². The highest BCUT2D eigenvalue weighted by Crippen LogP contribution is 2.22. The first-order valence-corrected chi connectivity index (χ1v) is 7.75. The molecule has 0 aliphatic rings. The highest BCUT2D eigenvalue weighted by molar-refractivity contribution is 7.10. The number of rotatable bonds is 3. The Labute approximate surface area is 97.8 Å². The first-order valence-electron chi connectivity index (χ1n) is 5.34. The van der Waals surface area contributed by atoms with Gasteiger partial charge in [-0.1, -0.05) is 42.4 Å². The van der Waals surface area contributed by atoms with Crippen molar-refractivity contribution in [3.05, 3.63) is 52.2 Å². The summed E-state index contributed by atoms with van der Waals surface area (Å²) in [7, 11) is -0.162. The molecule has 0 N–H and O–H groups in total. The predicted octanol–water partition coefficient (Wildman–Crippen LogP) is 2.61. The summed E-state index contributed by atoms with van der Waals surface area (Å²) < 4.78 is 0. The largest absolute Gasteiger partial charge is 0.149 e. The zero-order chi connectivity index (χ0) is 10.7. The molecule has 15 heavy (non-hydrogen) atoms. The summed E-state index contributed by atoms with van der Waals surface area (Å²) in [6.45, 7) is 4.54. The number of aryl methyl sites for hydroxylation is 1. The molecule has 1 unspecified atom stereocenters. The van der Waals surface area contributed by atoms with Crippen molar-refractivity contribution in [1.29, 1.82) is 0 Å². The zero-order valence-corrected chi connectivity index (χ0v) is 11.5. The molecule has 2 rings (SSSR count). The van der Waals surface area contributed by atoms with Crippen LogP contribution in [0.15, 0.2) is 41.8 Å². The molecule has 0 bridgehead atoms. The topological polar surface area (TPSA) is 0 Å². The van der Waals surface area contributed by atoms with E-state index in [2.05, 4.69) is 55.6 Å². The van der Waals surface area contributed by atoms with Crippen LogP contribution in [0, 0.1) is 6.92 Å². The van der Waals surface area contributed by atoms with Gasteiger partial charge in [-0.15, -0.1) is 11.3 Å². The minimum Gasteiger partial charge on any atom is -0.149 e. The van der Waals surface area contributed by atoms with E-state index < -0.39 is 0 Å². The van der Waals surface area contributed by atoms with Gasteiger partial charge in [-0.2, -0.15) is 0 Å². The maximum atomic E-state index is 2.37. The Morgan fingerprint density at radius 2 is 1.93 bits per heavy atom. The minimum atomic E-state index is -0.162. The second kappa shape index (κ2) is 4.77. The van der Waals surface area contributed by atoms with E-state index in [1.54, 1.807) is 10.1 Å². The van der Waals surface area contributed by atoms with Gasteiger partial charge in [0.1, 0.15) is 0 Å². The van der Waals surface area contributed by atoms with E-state index in [1.165, 1.54) is 5.56 Å². The molecule has 0 aliphatic carbocycles. The normalized spacial score (nSPS) is 13.5. The smallest absolute Gasteiger partial charge is 0.0631 e. The van der Waals surface area contributed by atoms with Crippen LogP contribution < -0.4 is 5.19 Å². The lowest BCUT2D eigenvalue weighted by Crippen LogP contribution is -2.18. The molecule has 2 heteroatoms. The van der Waals surface area contributed by atoms with Gasteiger partial charge in [-0.05, 0) is 29.5 Å². The summed E-state index contributed by atoms with van der Waals surface area (Å²) in [5, 5.41) is 3.82. The van der Waals surface area contributed by atoms with Crippen LogP contribution in [-0.4, -0.2) is 9.52 Å². The highest BCUT2D eigenvalue weighted by atomic mass is 32.1. The zero-order valence-electron chi connectivity index (χ0n) is 9.23. The first-order chi connectivity index (χ1) is 7.25. The molecule has 0 spiro atoms. The molecule has 0 saturated carbocycles. The molecular formula is C13H16SSi. The van der Waals surface area contributed by atoms with E-state index in [4.69, 9.17) is 0 Å². The molecular weight excluding hydrogens is 216 g/mol. The van der Waals surface area contributed by atoms with Crippen LogP contribution >= 0.6 is 11.3 Å². The molecule has 0 saturated heterocycles. The lowest BCUT2D eigenvalue weighted by atomic mass is 10.3. The molecule has 1 heterocycles.